The van der Waals surface area contributed by atoms with Crippen LogP contribution >= 0.6 is 0 Å². The average molecular weight is 689 g/mol. The molecular weight excluding hydrogens is 667 g/mol. The van der Waals surface area contributed by atoms with Crippen LogP contribution in [0.5, 0.6) is 0 Å². The van der Waals surface area contributed by atoms with E-state index in [1.54, 1.807) is 72.8 Å². The molecule has 0 saturated carbocycles. The van der Waals surface area contributed by atoms with Gasteiger partial charge < -0.3 is 13.7 Å². The van der Waals surface area contributed by atoms with Gasteiger partial charge in [0, 0.05) is 16.2 Å². The monoisotopic (exact) mass is 688 g/mol. The number of rotatable bonds is 6. The zero-order chi connectivity index (χ0) is 27.1. The third-order valence-electron chi connectivity index (χ3n) is 3.68. The summed E-state index contributed by atoms with van der Waals surface area (Å²) in [5, 5.41) is 1.92. The number of benzene rings is 3. The topological polar surface area (TPSA) is 172 Å². The number of hydrogen-bond donors (Lipinski definition) is 0. The molecule has 0 aliphatic rings. The van der Waals surface area contributed by atoms with Crippen LogP contribution in [0.1, 0.15) is 16.7 Å². The SMILES string of the molecule is O=S(=O)([O-])C=Cc1ccccc1.O=S(=O)([O-])C=Cc1ccccc1.O=S(=O)([O-])C=Cc1ccccc1.[La+3]. The molecule has 37 heavy (non-hydrogen) atoms. The fourth-order valence-corrected chi connectivity index (χ4v) is 3.15. The van der Waals surface area contributed by atoms with Crippen molar-refractivity contribution in [3.05, 3.63) is 124 Å². The Kier molecular flexibility index (Phi) is 16.3. The molecule has 0 atom stereocenters. The van der Waals surface area contributed by atoms with Crippen molar-refractivity contribution in [1.82, 2.24) is 0 Å². The molecule has 0 aliphatic carbocycles. The van der Waals surface area contributed by atoms with Gasteiger partial charge in [-0.15, -0.1) is 0 Å². The van der Waals surface area contributed by atoms with E-state index in [0.29, 0.717) is 32.9 Å². The van der Waals surface area contributed by atoms with Gasteiger partial charge in [-0.05, 0) is 34.9 Å². The maximum Gasteiger partial charge on any atom is 3.00 e. The van der Waals surface area contributed by atoms with Gasteiger partial charge in [0.05, 0.1) is 0 Å². The quantitative estimate of drug-likeness (QED) is 0.351. The van der Waals surface area contributed by atoms with Crippen LogP contribution in [0.15, 0.2) is 107 Å². The van der Waals surface area contributed by atoms with E-state index in [9.17, 15) is 38.9 Å². The molecule has 9 nitrogen and oxygen atoms in total. The molecular formula is C24H21LaO9S3. The second kappa shape index (κ2) is 17.3. The zero-order valence-electron chi connectivity index (χ0n) is 19.1. The molecule has 0 fully saturated rings. The fourth-order valence-electron chi connectivity index (χ4n) is 2.18. The minimum atomic E-state index is -4.25. The van der Waals surface area contributed by atoms with Gasteiger partial charge in [-0.1, -0.05) is 91.0 Å². The summed E-state index contributed by atoms with van der Waals surface area (Å²) < 4.78 is 91.5. The zero-order valence-corrected chi connectivity index (χ0v) is 25.2. The van der Waals surface area contributed by atoms with Crippen molar-refractivity contribution in [1.29, 1.82) is 0 Å². The van der Waals surface area contributed by atoms with Crippen molar-refractivity contribution >= 4 is 48.6 Å². The Morgan fingerprint density at radius 3 is 0.757 bits per heavy atom. The molecule has 3 rings (SSSR count). The Morgan fingerprint density at radius 1 is 0.405 bits per heavy atom. The summed E-state index contributed by atoms with van der Waals surface area (Å²) in [7, 11) is -12.8. The molecule has 0 radical (unpaired) electrons. The summed E-state index contributed by atoms with van der Waals surface area (Å²) in [6, 6.07) is 26.3. The van der Waals surface area contributed by atoms with E-state index in [-0.39, 0.29) is 35.6 Å². The van der Waals surface area contributed by atoms with Crippen molar-refractivity contribution in [2.45, 2.75) is 0 Å². The van der Waals surface area contributed by atoms with Gasteiger partial charge in [0.1, 0.15) is 30.4 Å². The van der Waals surface area contributed by atoms with Gasteiger partial charge in [0.2, 0.25) is 0 Å². The minimum absolute atomic E-state index is 0. The van der Waals surface area contributed by atoms with Gasteiger partial charge in [0.15, 0.2) is 0 Å². The van der Waals surface area contributed by atoms with E-state index in [1.165, 1.54) is 18.2 Å². The first-order valence-corrected chi connectivity index (χ1v) is 14.2. The molecule has 0 amide bonds. The van der Waals surface area contributed by atoms with Crippen LogP contribution in [-0.4, -0.2) is 38.9 Å². The maximum atomic E-state index is 10.2. The Hall–Kier alpha value is -2.20. The molecule has 0 N–H and O–H groups in total. The largest absolute Gasteiger partial charge is 3.00 e. The van der Waals surface area contributed by atoms with Crippen LogP contribution in [0.4, 0.5) is 0 Å². The van der Waals surface area contributed by atoms with Crippen molar-refractivity contribution in [2.24, 2.45) is 0 Å². The summed E-state index contributed by atoms with van der Waals surface area (Å²) in [6.45, 7) is 0. The minimum Gasteiger partial charge on any atom is -0.744 e. The Bertz CT molecular complexity index is 1280. The summed E-state index contributed by atoms with van der Waals surface area (Å²) in [5.74, 6) is 0. The molecule has 0 aliphatic heterocycles. The smallest absolute Gasteiger partial charge is 0.744 e. The molecule has 0 aromatic heterocycles. The molecule has 0 spiro atoms. The van der Waals surface area contributed by atoms with E-state index in [2.05, 4.69) is 0 Å². The molecule has 3 aromatic rings. The molecule has 0 heterocycles. The van der Waals surface area contributed by atoms with Crippen molar-refractivity contribution in [3.8, 4) is 0 Å². The summed E-state index contributed by atoms with van der Waals surface area (Å²) in [5.41, 5.74) is 2.07. The van der Waals surface area contributed by atoms with Crippen molar-refractivity contribution in [2.75, 3.05) is 0 Å². The van der Waals surface area contributed by atoms with Crippen LogP contribution < -0.4 is 0 Å². The molecule has 13 heteroatoms. The summed E-state index contributed by atoms with van der Waals surface area (Å²) in [4.78, 5) is 0. The second-order valence-electron chi connectivity index (χ2n) is 6.62. The first-order valence-electron chi connectivity index (χ1n) is 9.81. The summed E-state index contributed by atoms with van der Waals surface area (Å²) in [6.07, 6.45) is 3.80. The molecule has 3 aromatic carbocycles. The Morgan fingerprint density at radius 2 is 0.595 bits per heavy atom. The summed E-state index contributed by atoms with van der Waals surface area (Å²) >= 11 is 0. The van der Waals surface area contributed by atoms with Gasteiger partial charge in [-0.3, -0.25) is 0 Å². The third-order valence-corrected chi connectivity index (χ3v) is 5.09. The number of hydrogen-bond acceptors (Lipinski definition) is 9. The standard InChI is InChI=1S/3C8H8O3S.La/c3*9-12(10,11)7-6-8-4-2-1-3-5-8;/h3*1-7H,(H,9,10,11);/q;;;+3/p-3. The van der Waals surface area contributed by atoms with Gasteiger partial charge >= 0.3 is 35.6 Å². The molecule has 0 unspecified atom stereocenters. The van der Waals surface area contributed by atoms with Crippen LogP contribution in [0.2, 0.25) is 0 Å². The maximum absolute atomic E-state index is 10.2. The van der Waals surface area contributed by atoms with Crippen LogP contribution in [0.3, 0.4) is 0 Å². The molecule has 192 valence electrons. The van der Waals surface area contributed by atoms with Gasteiger partial charge in [-0.2, -0.15) is 0 Å². The van der Waals surface area contributed by atoms with E-state index < -0.39 is 30.4 Å². The first kappa shape index (κ1) is 34.8. The van der Waals surface area contributed by atoms with Crippen molar-refractivity contribution < 1.29 is 74.5 Å². The van der Waals surface area contributed by atoms with Gasteiger partial charge in [-0.25, -0.2) is 25.3 Å². The first-order chi connectivity index (χ1) is 16.7. The predicted octanol–water partition coefficient (Wildman–Crippen LogP) is 3.61. The Labute approximate surface area is 245 Å². The normalized spacial score (nSPS) is 11.8. The van der Waals surface area contributed by atoms with Crippen molar-refractivity contribution in [3.63, 3.8) is 0 Å². The predicted molar refractivity (Wildman–Crippen MR) is 136 cm³/mol. The van der Waals surface area contributed by atoms with Crippen LogP contribution in [0.25, 0.3) is 18.2 Å². The average Bonchev–Trinajstić information content (AvgIpc) is 2.82. The van der Waals surface area contributed by atoms with E-state index >= 15 is 0 Å². The third kappa shape index (κ3) is 21.6. The van der Waals surface area contributed by atoms with Gasteiger partial charge in [0.25, 0.3) is 0 Å². The van der Waals surface area contributed by atoms with E-state index in [0.717, 1.165) is 0 Å². The van der Waals surface area contributed by atoms with E-state index in [1.807, 2.05) is 18.2 Å². The molecule has 0 bridgehead atoms. The van der Waals surface area contributed by atoms with Crippen LogP contribution in [0, 0.1) is 35.6 Å². The molecule has 0 saturated heterocycles. The second-order valence-corrected chi connectivity index (χ2v) is 10.4. The van der Waals surface area contributed by atoms with E-state index in [4.69, 9.17) is 0 Å². The fraction of sp³-hybridized carbons (Fsp3) is 0. The Balaban J connectivity index is 0.000000518. The van der Waals surface area contributed by atoms with Crippen LogP contribution in [-0.2, 0) is 30.4 Å².